The summed E-state index contributed by atoms with van der Waals surface area (Å²) in [6, 6.07) is 1.70. The fourth-order valence-corrected chi connectivity index (χ4v) is 0.837. The average molecular weight is 195 g/mol. The summed E-state index contributed by atoms with van der Waals surface area (Å²) in [5, 5.41) is 8.18. The summed E-state index contributed by atoms with van der Waals surface area (Å²) in [5.41, 5.74) is 0. The van der Waals surface area contributed by atoms with Gasteiger partial charge >= 0.3 is 0 Å². The van der Waals surface area contributed by atoms with Crippen LogP contribution in [0.5, 0.6) is 0 Å². The van der Waals surface area contributed by atoms with Crippen LogP contribution in [0.25, 0.3) is 0 Å². The third-order valence-corrected chi connectivity index (χ3v) is 1.59. The smallest absolute Gasteiger partial charge is 0.239 e. The maximum atomic E-state index is 10.9. The van der Waals surface area contributed by atoms with Crippen molar-refractivity contribution in [3.05, 3.63) is 12.3 Å². The molecule has 1 rings (SSSR count). The second-order valence-corrected chi connectivity index (χ2v) is 2.54. The monoisotopic (exact) mass is 195 g/mol. The van der Waals surface area contributed by atoms with Gasteiger partial charge in [-0.05, 0) is 6.07 Å². The van der Waals surface area contributed by atoms with Crippen LogP contribution in [0.15, 0.2) is 12.3 Å². The van der Waals surface area contributed by atoms with Gasteiger partial charge in [-0.25, -0.2) is 4.98 Å². The van der Waals surface area contributed by atoms with E-state index in [4.69, 9.17) is 0 Å². The fraction of sp³-hybridized carbons (Fsp3) is 0.375. The van der Waals surface area contributed by atoms with Crippen molar-refractivity contribution < 1.29 is 4.79 Å². The minimum absolute atomic E-state index is 0.0883. The Morgan fingerprint density at radius 3 is 2.93 bits per heavy atom. The average Bonchev–Trinajstić information content (AvgIpc) is 2.26. The van der Waals surface area contributed by atoms with E-state index in [-0.39, 0.29) is 12.5 Å². The Morgan fingerprint density at radius 1 is 1.50 bits per heavy atom. The van der Waals surface area contributed by atoms with Gasteiger partial charge in [0.05, 0.1) is 6.54 Å². The van der Waals surface area contributed by atoms with Gasteiger partial charge in [0.25, 0.3) is 0 Å². The van der Waals surface area contributed by atoms with E-state index in [1.165, 1.54) is 0 Å². The van der Waals surface area contributed by atoms with Gasteiger partial charge in [-0.1, -0.05) is 0 Å². The Balaban J connectivity index is 2.54. The highest BCUT2D eigenvalue weighted by atomic mass is 16.1. The van der Waals surface area contributed by atoms with Crippen LogP contribution in [-0.2, 0) is 4.79 Å². The summed E-state index contributed by atoms with van der Waals surface area (Å²) in [7, 11) is 3.32. The van der Waals surface area contributed by atoms with E-state index in [1.807, 2.05) is 0 Å². The normalized spacial score (nSPS) is 9.29. The second-order valence-electron chi connectivity index (χ2n) is 2.54. The van der Waals surface area contributed by atoms with Crippen molar-refractivity contribution in [1.82, 2.24) is 15.3 Å². The topological polar surface area (TPSA) is 78.9 Å². The predicted octanol–water partition coefficient (Wildman–Crippen LogP) is -0.324. The van der Waals surface area contributed by atoms with Crippen LogP contribution < -0.4 is 16.0 Å². The highest BCUT2D eigenvalue weighted by Crippen LogP contribution is 2.03. The van der Waals surface area contributed by atoms with Crippen LogP contribution in [0.2, 0.25) is 0 Å². The number of hydrogen-bond acceptors (Lipinski definition) is 5. The van der Waals surface area contributed by atoms with Crippen LogP contribution in [0, 0.1) is 0 Å². The number of carbonyl (C=O) groups is 1. The molecule has 0 saturated carbocycles. The van der Waals surface area contributed by atoms with Gasteiger partial charge < -0.3 is 16.0 Å². The quantitative estimate of drug-likeness (QED) is 0.613. The molecule has 0 bridgehead atoms. The number of hydrogen-bond donors (Lipinski definition) is 3. The van der Waals surface area contributed by atoms with Gasteiger partial charge in [0.2, 0.25) is 11.9 Å². The Labute approximate surface area is 82.1 Å². The molecule has 6 nitrogen and oxygen atoms in total. The largest absolute Gasteiger partial charge is 0.361 e. The van der Waals surface area contributed by atoms with Crippen molar-refractivity contribution in [2.24, 2.45) is 0 Å². The van der Waals surface area contributed by atoms with E-state index >= 15 is 0 Å². The van der Waals surface area contributed by atoms with Crippen LogP contribution in [0.3, 0.4) is 0 Å². The van der Waals surface area contributed by atoms with Crippen molar-refractivity contribution in [1.29, 1.82) is 0 Å². The molecule has 14 heavy (non-hydrogen) atoms. The summed E-state index contributed by atoms with van der Waals surface area (Å²) in [6.07, 6.45) is 1.62. The molecule has 0 radical (unpaired) electrons. The lowest BCUT2D eigenvalue weighted by Crippen LogP contribution is -2.26. The molecule has 0 aromatic carbocycles. The molecule has 1 aromatic rings. The molecule has 0 unspecified atom stereocenters. The van der Waals surface area contributed by atoms with Crippen molar-refractivity contribution in [3.8, 4) is 0 Å². The van der Waals surface area contributed by atoms with E-state index in [2.05, 4.69) is 25.9 Å². The zero-order valence-electron chi connectivity index (χ0n) is 8.16. The molecule has 0 aliphatic rings. The standard InChI is InChI=1S/C8H13N5O/c1-9-7(14)5-12-6-3-4-11-8(10-2)13-6/h3-4H,5H2,1-2H3,(H,9,14)(H2,10,11,12,13). The lowest BCUT2D eigenvalue weighted by Gasteiger charge is -2.05. The molecule has 0 atom stereocenters. The predicted molar refractivity (Wildman–Crippen MR) is 54.1 cm³/mol. The van der Waals surface area contributed by atoms with Crippen molar-refractivity contribution in [2.45, 2.75) is 0 Å². The zero-order chi connectivity index (χ0) is 10.4. The highest BCUT2D eigenvalue weighted by Gasteiger charge is 1.99. The van der Waals surface area contributed by atoms with Crippen LogP contribution in [-0.4, -0.2) is 36.5 Å². The van der Waals surface area contributed by atoms with E-state index in [1.54, 1.807) is 26.4 Å². The summed E-state index contributed by atoms with van der Waals surface area (Å²) >= 11 is 0. The van der Waals surface area contributed by atoms with Crippen molar-refractivity contribution >= 4 is 17.7 Å². The van der Waals surface area contributed by atoms with Crippen molar-refractivity contribution in [2.75, 3.05) is 31.3 Å². The molecule has 1 amide bonds. The van der Waals surface area contributed by atoms with Crippen LogP contribution in [0.4, 0.5) is 11.8 Å². The third-order valence-electron chi connectivity index (χ3n) is 1.59. The summed E-state index contributed by atoms with van der Waals surface area (Å²) in [5.74, 6) is 1.05. The molecule has 6 heteroatoms. The summed E-state index contributed by atoms with van der Waals surface area (Å²) < 4.78 is 0. The Bertz CT molecular complexity index is 314. The first-order valence-electron chi connectivity index (χ1n) is 4.21. The maximum Gasteiger partial charge on any atom is 0.239 e. The molecule has 0 fully saturated rings. The number of aromatic nitrogens is 2. The maximum absolute atomic E-state index is 10.9. The first-order chi connectivity index (χ1) is 6.76. The van der Waals surface area contributed by atoms with Crippen LogP contribution >= 0.6 is 0 Å². The minimum Gasteiger partial charge on any atom is -0.361 e. The van der Waals surface area contributed by atoms with Crippen LogP contribution in [0.1, 0.15) is 0 Å². The summed E-state index contributed by atoms with van der Waals surface area (Å²) in [4.78, 5) is 18.9. The molecule has 1 aromatic heterocycles. The molecule has 76 valence electrons. The first kappa shape index (κ1) is 10.2. The Morgan fingerprint density at radius 2 is 2.29 bits per heavy atom. The van der Waals surface area contributed by atoms with Gasteiger partial charge in [0, 0.05) is 20.3 Å². The number of nitrogens with zero attached hydrogens (tertiary/aromatic N) is 2. The van der Waals surface area contributed by atoms with E-state index in [0.29, 0.717) is 11.8 Å². The molecule has 0 aliphatic heterocycles. The molecule has 3 N–H and O–H groups in total. The molecular weight excluding hydrogens is 182 g/mol. The second kappa shape index (κ2) is 5.00. The SMILES string of the molecule is CNC(=O)CNc1ccnc(NC)n1. The van der Waals surface area contributed by atoms with Gasteiger partial charge in [0.1, 0.15) is 5.82 Å². The number of carbonyl (C=O) groups excluding carboxylic acids is 1. The number of likely N-dealkylation sites (N-methyl/N-ethyl adjacent to an activating group) is 1. The van der Waals surface area contributed by atoms with Gasteiger partial charge in [-0.3, -0.25) is 4.79 Å². The third kappa shape index (κ3) is 2.89. The lowest BCUT2D eigenvalue weighted by molar-refractivity contribution is -0.118. The molecule has 1 heterocycles. The minimum atomic E-state index is -0.0883. The number of rotatable bonds is 4. The molecule has 0 saturated heterocycles. The molecule has 0 aliphatic carbocycles. The Hall–Kier alpha value is -1.85. The number of amides is 1. The Kier molecular flexibility index (Phi) is 3.66. The van der Waals surface area contributed by atoms with Gasteiger partial charge in [-0.2, -0.15) is 4.98 Å². The summed E-state index contributed by atoms with van der Waals surface area (Å²) in [6.45, 7) is 0.205. The zero-order valence-corrected chi connectivity index (χ0v) is 8.16. The van der Waals surface area contributed by atoms with E-state index in [9.17, 15) is 4.79 Å². The number of nitrogens with one attached hydrogen (secondary N) is 3. The lowest BCUT2D eigenvalue weighted by atomic mass is 10.5. The molecule has 0 spiro atoms. The molecular formula is C8H13N5O. The van der Waals surface area contributed by atoms with Gasteiger partial charge in [0.15, 0.2) is 0 Å². The first-order valence-corrected chi connectivity index (χ1v) is 4.21. The highest BCUT2D eigenvalue weighted by molar-refractivity contribution is 5.80. The van der Waals surface area contributed by atoms with E-state index in [0.717, 1.165) is 0 Å². The number of anilines is 2. The van der Waals surface area contributed by atoms with Crippen molar-refractivity contribution in [3.63, 3.8) is 0 Å². The van der Waals surface area contributed by atoms with E-state index < -0.39 is 0 Å². The van der Waals surface area contributed by atoms with Gasteiger partial charge in [-0.15, -0.1) is 0 Å². The fourth-order valence-electron chi connectivity index (χ4n) is 0.837.